The van der Waals surface area contributed by atoms with Crippen LogP contribution < -0.4 is 9.80 Å². The van der Waals surface area contributed by atoms with Crippen LogP contribution in [0, 0.1) is 18.3 Å². The zero-order chi connectivity index (χ0) is 17.8. The molecule has 2 fully saturated rings. The van der Waals surface area contributed by atoms with Gasteiger partial charge < -0.3 is 19.3 Å². The Morgan fingerprint density at radius 3 is 2.28 bits per heavy atom. The fourth-order valence-electron chi connectivity index (χ4n) is 3.90. The normalized spacial score (nSPS) is 24.2. The molecule has 2 atom stereocenters. The average Bonchev–Trinajstić information content (AvgIpc) is 2.67. The second-order valence-electron chi connectivity index (χ2n) is 6.99. The van der Waals surface area contributed by atoms with Gasteiger partial charge in [-0.25, -0.2) is 4.98 Å². The lowest BCUT2D eigenvalue weighted by atomic mass is 10.0. The van der Waals surface area contributed by atoms with E-state index in [-0.39, 0.29) is 12.2 Å². The van der Waals surface area contributed by atoms with E-state index in [1.807, 2.05) is 13.0 Å². The van der Waals surface area contributed by atoms with E-state index in [4.69, 9.17) is 14.5 Å². The molecule has 0 bridgehead atoms. The first-order valence-corrected chi connectivity index (χ1v) is 9.13. The Morgan fingerprint density at radius 1 is 1.08 bits per heavy atom. The van der Waals surface area contributed by atoms with E-state index < -0.39 is 0 Å². The predicted octanol–water partition coefficient (Wildman–Crippen LogP) is 2.49. The molecule has 1 aromatic rings. The van der Waals surface area contributed by atoms with E-state index in [0.717, 1.165) is 69.1 Å². The van der Waals surface area contributed by atoms with Crippen LogP contribution in [0.1, 0.15) is 36.9 Å². The number of rotatable bonds is 4. The minimum Gasteiger partial charge on any atom is -0.380 e. The summed E-state index contributed by atoms with van der Waals surface area (Å²) in [6.07, 6.45) is 4.71. The van der Waals surface area contributed by atoms with Gasteiger partial charge >= 0.3 is 0 Å². The second-order valence-corrected chi connectivity index (χ2v) is 6.99. The van der Waals surface area contributed by atoms with Gasteiger partial charge in [-0.15, -0.1) is 0 Å². The third-order valence-corrected chi connectivity index (χ3v) is 5.28. The zero-order valence-corrected chi connectivity index (χ0v) is 15.5. The molecule has 3 rings (SSSR count). The number of ether oxygens (including phenoxy) is 2. The number of hydrogen-bond donors (Lipinski definition) is 0. The number of aromatic nitrogens is 1. The highest BCUT2D eigenvalue weighted by Crippen LogP contribution is 2.32. The van der Waals surface area contributed by atoms with E-state index in [9.17, 15) is 5.26 Å². The van der Waals surface area contributed by atoms with Crippen LogP contribution in [0.3, 0.4) is 0 Å². The molecule has 0 spiro atoms. The van der Waals surface area contributed by atoms with Gasteiger partial charge in [-0.2, -0.15) is 5.26 Å². The molecule has 1 aromatic heterocycles. The van der Waals surface area contributed by atoms with Crippen LogP contribution in [0.5, 0.6) is 0 Å². The number of methoxy groups -OCH3 is 2. The number of pyridine rings is 1. The van der Waals surface area contributed by atoms with Gasteiger partial charge in [0.05, 0.1) is 17.9 Å². The Hall–Kier alpha value is -1.84. The molecule has 2 saturated heterocycles. The summed E-state index contributed by atoms with van der Waals surface area (Å²) in [5, 5.41) is 9.89. The van der Waals surface area contributed by atoms with Crippen LogP contribution in [0.15, 0.2) is 6.07 Å². The largest absolute Gasteiger partial charge is 0.380 e. The molecule has 0 amide bonds. The highest BCUT2D eigenvalue weighted by Gasteiger charge is 2.27. The third kappa shape index (κ3) is 3.88. The smallest absolute Gasteiger partial charge is 0.149 e. The van der Waals surface area contributed by atoms with Gasteiger partial charge in [-0.05, 0) is 38.7 Å². The van der Waals surface area contributed by atoms with Crippen molar-refractivity contribution in [2.45, 2.75) is 44.8 Å². The van der Waals surface area contributed by atoms with Crippen LogP contribution in [0.25, 0.3) is 0 Å². The Morgan fingerprint density at radius 2 is 1.68 bits per heavy atom. The Labute approximate surface area is 150 Å². The van der Waals surface area contributed by atoms with Gasteiger partial charge in [0, 0.05) is 46.1 Å². The first kappa shape index (κ1) is 18.0. The molecule has 0 radical (unpaired) electrons. The van der Waals surface area contributed by atoms with Crippen molar-refractivity contribution >= 4 is 11.5 Å². The molecule has 0 N–H and O–H groups in total. The fraction of sp³-hybridized carbons (Fsp3) is 0.684. The van der Waals surface area contributed by atoms with Crippen molar-refractivity contribution in [3.63, 3.8) is 0 Å². The van der Waals surface area contributed by atoms with Crippen LogP contribution in [-0.2, 0) is 9.47 Å². The van der Waals surface area contributed by atoms with Gasteiger partial charge in [0.1, 0.15) is 17.5 Å². The van der Waals surface area contributed by atoms with Crippen molar-refractivity contribution in [1.82, 2.24) is 4.98 Å². The van der Waals surface area contributed by atoms with Crippen LogP contribution in [0.2, 0.25) is 0 Å². The molecule has 2 aliphatic heterocycles. The van der Waals surface area contributed by atoms with E-state index in [1.54, 1.807) is 14.2 Å². The molecule has 0 aromatic carbocycles. The highest BCUT2D eigenvalue weighted by atomic mass is 16.5. The lowest BCUT2D eigenvalue weighted by molar-refractivity contribution is 0.0889. The molecular formula is C19H28N4O2. The van der Waals surface area contributed by atoms with Gasteiger partial charge in [-0.3, -0.25) is 0 Å². The van der Waals surface area contributed by atoms with Crippen molar-refractivity contribution < 1.29 is 9.47 Å². The summed E-state index contributed by atoms with van der Waals surface area (Å²) in [4.78, 5) is 9.22. The molecule has 25 heavy (non-hydrogen) atoms. The molecule has 0 unspecified atom stereocenters. The Balaban J connectivity index is 1.94. The summed E-state index contributed by atoms with van der Waals surface area (Å²) in [5.41, 5.74) is 2.62. The SMILES string of the molecule is CO[C@@H]1CCCN(c2cc(C)nc(N3CCC[C@H](OC)C3)c2C#N)C1. The second kappa shape index (κ2) is 8.03. The molecule has 6 heteroatoms. The predicted molar refractivity (Wildman–Crippen MR) is 98.2 cm³/mol. The molecule has 136 valence electrons. The van der Waals surface area contributed by atoms with Crippen molar-refractivity contribution in [2.75, 3.05) is 50.2 Å². The summed E-state index contributed by atoms with van der Waals surface area (Å²) < 4.78 is 11.1. The van der Waals surface area contributed by atoms with Crippen molar-refractivity contribution in [3.8, 4) is 6.07 Å². The Bertz CT molecular complexity index is 598. The van der Waals surface area contributed by atoms with Crippen LogP contribution in [-0.4, -0.2) is 57.6 Å². The van der Waals surface area contributed by atoms with Gasteiger partial charge in [0.2, 0.25) is 0 Å². The first-order chi connectivity index (χ1) is 12.2. The zero-order valence-electron chi connectivity index (χ0n) is 15.5. The molecule has 3 heterocycles. The first-order valence-electron chi connectivity index (χ1n) is 9.13. The minimum atomic E-state index is 0.207. The maximum absolute atomic E-state index is 9.89. The number of anilines is 2. The topological polar surface area (TPSA) is 61.6 Å². The van der Waals surface area contributed by atoms with Crippen LogP contribution >= 0.6 is 0 Å². The Kier molecular flexibility index (Phi) is 5.77. The number of nitrogens with zero attached hydrogens (tertiary/aromatic N) is 4. The number of aryl methyl sites for hydroxylation is 1. The van der Waals surface area contributed by atoms with Gasteiger partial charge in [-0.1, -0.05) is 0 Å². The summed E-state index contributed by atoms with van der Waals surface area (Å²) in [6.45, 7) is 5.50. The number of piperidine rings is 2. The van der Waals surface area contributed by atoms with Crippen molar-refractivity contribution in [3.05, 3.63) is 17.3 Å². The summed E-state index contributed by atoms with van der Waals surface area (Å²) >= 11 is 0. The fourth-order valence-corrected chi connectivity index (χ4v) is 3.90. The molecular weight excluding hydrogens is 316 g/mol. The van der Waals surface area contributed by atoms with E-state index in [1.165, 1.54) is 0 Å². The van der Waals surface area contributed by atoms with Crippen LogP contribution in [0.4, 0.5) is 11.5 Å². The monoisotopic (exact) mass is 344 g/mol. The molecule has 2 aliphatic rings. The van der Waals surface area contributed by atoms with E-state index >= 15 is 0 Å². The number of nitriles is 1. The van der Waals surface area contributed by atoms with Gasteiger partial charge in [0.25, 0.3) is 0 Å². The van der Waals surface area contributed by atoms with Crippen molar-refractivity contribution in [1.29, 1.82) is 5.26 Å². The number of hydrogen-bond acceptors (Lipinski definition) is 6. The molecule has 0 saturated carbocycles. The van der Waals surface area contributed by atoms with E-state index in [2.05, 4.69) is 15.9 Å². The lowest BCUT2D eigenvalue weighted by Gasteiger charge is -2.37. The summed E-state index contributed by atoms with van der Waals surface area (Å²) in [6, 6.07) is 4.46. The quantitative estimate of drug-likeness (QED) is 0.836. The van der Waals surface area contributed by atoms with E-state index in [0.29, 0.717) is 5.56 Å². The minimum absolute atomic E-state index is 0.207. The lowest BCUT2D eigenvalue weighted by Crippen LogP contribution is -2.42. The average molecular weight is 344 g/mol. The molecule has 6 nitrogen and oxygen atoms in total. The summed E-state index contributed by atoms with van der Waals surface area (Å²) in [7, 11) is 3.52. The highest BCUT2D eigenvalue weighted by molar-refractivity contribution is 5.71. The maximum atomic E-state index is 9.89. The summed E-state index contributed by atoms with van der Waals surface area (Å²) in [5.74, 6) is 0.804. The maximum Gasteiger partial charge on any atom is 0.149 e. The van der Waals surface area contributed by atoms with Gasteiger partial charge in [0.15, 0.2) is 0 Å². The van der Waals surface area contributed by atoms with Crippen molar-refractivity contribution in [2.24, 2.45) is 0 Å². The molecule has 0 aliphatic carbocycles. The standard InChI is InChI=1S/C19H28N4O2/c1-14-10-18(22-8-4-6-15(12-22)24-2)17(11-20)19(21-14)23-9-5-7-16(13-23)25-3/h10,15-16H,4-9,12-13H2,1-3H3/t15-,16+/m1/s1. The third-order valence-electron chi connectivity index (χ3n) is 5.28.